The maximum absolute atomic E-state index is 12.1. The number of aromatic nitrogens is 2. The second-order valence-electron chi connectivity index (χ2n) is 3.87. The summed E-state index contributed by atoms with van der Waals surface area (Å²) in [5, 5.41) is 9.14. The lowest BCUT2D eigenvalue weighted by Crippen LogP contribution is -2.38. The van der Waals surface area contributed by atoms with Crippen molar-refractivity contribution in [3.8, 4) is 0 Å². The Morgan fingerprint density at radius 2 is 2.53 bits per heavy atom. The van der Waals surface area contributed by atoms with Gasteiger partial charge in [0.2, 0.25) is 0 Å². The Morgan fingerprint density at radius 1 is 1.73 bits per heavy atom. The van der Waals surface area contributed by atoms with E-state index in [1.165, 1.54) is 0 Å². The molecule has 2 rings (SSSR count). The van der Waals surface area contributed by atoms with Gasteiger partial charge in [-0.25, -0.2) is 4.98 Å². The highest BCUT2D eigenvalue weighted by Crippen LogP contribution is 2.19. The van der Waals surface area contributed by atoms with Crippen molar-refractivity contribution in [2.75, 3.05) is 13.2 Å². The van der Waals surface area contributed by atoms with E-state index in [2.05, 4.69) is 4.98 Å². The topological polar surface area (TPSA) is 58.4 Å². The molecule has 15 heavy (non-hydrogen) atoms. The zero-order chi connectivity index (χ0) is 10.8. The highest BCUT2D eigenvalue weighted by Gasteiger charge is 2.29. The van der Waals surface area contributed by atoms with Gasteiger partial charge in [0.25, 0.3) is 5.91 Å². The fourth-order valence-electron chi connectivity index (χ4n) is 2.00. The van der Waals surface area contributed by atoms with Crippen LogP contribution < -0.4 is 0 Å². The average molecular weight is 209 g/mol. The van der Waals surface area contributed by atoms with Crippen LogP contribution in [0.2, 0.25) is 0 Å². The molecule has 1 aromatic heterocycles. The summed E-state index contributed by atoms with van der Waals surface area (Å²) < 4.78 is 1.70. The number of amides is 1. The summed E-state index contributed by atoms with van der Waals surface area (Å²) in [6, 6.07) is -0.0209. The molecule has 1 unspecified atom stereocenters. The zero-order valence-electron chi connectivity index (χ0n) is 8.76. The van der Waals surface area contributed by atoms with Crippen LogP contribution in [0.5, 0.6) is 0 Å². The van der Waals surface area contributed by atoms with E-state index in [4.69, 9.17) is 5.11 Å². The van der Waals surface area contributed by atoms with E-state index in [0.29, 0.717) is 5.69 Å². The van der Waals surface area contributed by atoms with Gasteiger partial charge >= 0.3 is 0 Å². The lowest BCUT2D eigenvalue weighted by Gasteiger charge is -2.22. The normalized spacial score (nSPS) is 20.9. The maximum Gasteiger partial charge on any atom is 0.272 e. The van der Waals surface area contributed by atoms with E-state index < -0.39 is 0 Å². The molecule has 0 bridgehead atoms. The summed E-state index contributed by atoms with van der Waals surface area (Å²) in [6.07, 6.45) is 5.03. The van der Waals surface area contributed by atoms with E-state index in [1.807, 2.05) is 0 Å². The van der Waals surface area contributed by atoms with E-state index in [0.717, 1.165) is 19.4 Å². The molecular weight excluding hydrogens is 194 g/mol. The van der Waals surface area contributed by atoms with Gasteiger partial charge in [-0.3, -0.25) is 4.79 Å². The lowest BCUT2D eigenvalue weighted by molar-refractivity contribution is 0.0668. The predicted octanol–water partition coefficient (Wildman–Crippen LogP) is 0.0170. The molecule has 0 aromatic carbocycles. The smallest absolute Gasteiger partial charge is 0.272 e. The molecule has 0 saturated carbocycles. The van der Waals surface area contributed by atoms with Gasteiger partial charge in [-0.05, 0) is 12.8 Å². The molecular formula is C10H15N3O2. The van der Waals surface area contributed by atoms with Crippen molar-refractivity contribution in [2.24, 2.45) is 7.05 Å². The number of carbonyl (C=O) groups excluding carboxylic acids is 1. The number of carbonyl (C=O) groups is 1. The molecule has 1 N–H and O–H groups in total. The summed E-state index contributed by atoms with van der Waals surface area (Å²) in [4.78, 5) is 17.7. The van der Waals surface area contributed by atoms with E-state index >= 15 is 0 Å². The molecule has 1 aliphatic rings. The first-order valence-electron chi connectivity index (χ1n) is 5.12. The Bertz CT molecular complexity index is 361. The molecule has 5 heteroatoms. The van der Waals surface area contributed by atoms with Crippen LogP contribution in [0.1, 0.15) is 23.3 Å². The Kier molecular flexibility index (Phi) is 2.73. The van der Waals surface area contributed by atoms with E-state index in [-0.39, 0.29) is 18.6 Å². The molecule has 1 amide bonds. The van der Waals surface area contributed by atoms with Crippen molar-refractivity contribution in [3.05, 3.63) is 18.2 Å². The number of imidazole rings is 1. The summed E-state index contributed by atoms with van der Waals surface area (Å²) in [7, 11) is 1.80. The molecule has 82 valence electrons. The summed E-state index contributed by atoms with van der Waals surface area (Å²) in [5.41, 5.74) is 0.579. The second kappa shape index (κ2) is 4.02. The van der Waals surface area contributed by atoms with Crippen LogP contribution in [0.3, 0.4) is 0 Å². The zero-order valence-corrected chi connectivity index (χ0v) is 8.76. The molecule has 1 aromatic rings. The molecule has 1 aliphatic heterocycles. The standard InChI is InChI=1S/C10H15N3O2/c1-12-7-11-5-9(12)10(15)13-4-2-3-8(13)6-14/h5,7-8,14H,2-4,6H2,1H3. The highest BCUT2D eigenvalue weighted by atomic mass is 16.3. The van der Waals surface area contributed by atoms with Gasteiger partial charge in [-0.1, -0.05) is 0 Å². The van der Waals surface area contributed by atoms with E-state index in [9.17, 15) is 4.79 Å². The van der Waals surface area contributed by atoms with Crippen molar-refractivity contribution in [2.45, 2.75) is 18.9 Å². The minimum Gasteiger partial charge on any atom is -0.394 e. The van der Waals surface area contributed by atoms with Crippen LogP contribution in [0.4, 0.5) is 0 Å². The monoisotopic (exact) mass is 209 g/mol. The molecule has 1 fully saturated rings. The third-order valence-electron chi connectivity index (χ3n) is 2.88. The third-order valence-corrected chi connectivity index (χ3v) is 2.88. The van der Waals surface area contributed by atoms with Crippen LogP contribution in [-0.4, -0.2) is 44.7 Å². The SMILES string of the molecule is Cn1cncc1C(=O)N1CCCC1CO. The minimum absolute atomic E-state index is 0.0209. The van der Waals surface area contributed by atoms with Crippen LogP contribution in [0.25, 0.3) is 0 Å². The molecule has 0 spiro atoms. The Morgan fingerprint density at radius 3 is 3.13 bits per heavy atom. The van der Waals surface area contributed by atoms with Crippen molar-refractivity contribution >= 4 is 5.91 Å². The Balaban J connectivity index is 2.18. The highest BCUT2D eigenvalue weighted by molar-refractivity contribution is 5.92. The summed E-state index contributed by atoms with van der Waals surface area (Å²) in [6.45, 7) is 0.777. The molecule has 5 nitrogen and oxygen atoms in total. The summed E-state index contributed by atoms with van der Waals surface area (Å²) >= 11 is 0. The quantitative estimate of drug-likeness (QED) is 0.747. The van der Waals surface area contributed by atoms with Crippen molar-refractivity contribution in [1.82, 2.24) is 14.5 Å². The largest absolute Gasteiger partial charge is 0.394 e. The number of nitrogens with zero attached hydrogens (tertiary/aromatic N) is 3. The van der Waals surface area contributed by atoms with Gasteiger partial charge in [0.05, 0.1) is 25.2 Å². The first-order valence-corrected chi connectivity index (χ1v) is 5.12. The van der Waals surface area contributed by atoms with Gasteiger partial charge in [0.1, 0.15) is 5.69 Å². The van der Waals surface area contributed by atoms with Crippen LogP contribution in [0, 0.1) is 0 Å². The number of rotatable bonds is 2. The van der Waals surface area contributed by atoms with Gasteiger partial charge in [-0.2, -0.15) is 0 Å². The van der Waals surface area contributed by atoms with Crippen LogP contribution in [-0.2, 0) is 7.05 Å². The van der Waals surface area contributed by atoms with Crippen molar-refractivity contribution < 1.29 is 9.90 Å². The number of aliphatic hydroxyl groups is 1. The Labute approximate surface area is 88.3 Å². The third kappa shape index (κ3) is 1.74. The lowest BCUT2D eigenvalue weighted by atomic mass is 10.2. The van der Waals surface area contributed by atoms with Gasteiger partial charge in [0.15, 0.2) is 0 Å². The van der Waals surface area contributed by atoms with Gasteiger partial charge in [-0.15, -0.1) is 0 Å². The number of likely N-dealkylation sites (tertiary alicyclic amines) is 1. The predicted molar refractivity (Wildman–Crippen MR) is 54.4 cm³/mol. The van der Waals surface area contributed by atoms with Gasteiger partial charge in [0, 0.05) is 13.6 Å². The molecule has 1 atom stereocenters. The van der Waals surface area contributed by atoms with Crippen LogP contribution >= 0.6 is 0 Å². The second-order valence-corrected chi connectivity index (χ2v) is 3.87. The van der Waals surface area contributed by atoms with Gasteiger partial charge < -0.3 is 14.6 Å². The number of aliphatic hydroxyl groups excluding tert-OH is 1. The first kappa shape index (κ1) is 10.2. The minimum atomic E-state index is -0.0356. The maximum atomic E-state index is 12.1. The number of aryl methyl sites for hydroxylation is 1. The van der Waals surface area contributed by atoms with E-state index in [1.54, 1.807) is 29.0 Å². The van der Waals surface area contributed by atoms with Crippen molar-refractivity contribution in [3.63, 3.8) is 0 Å². The fourth-order valence-corrected chi connectivity index (χ4v) is 2.00. The Hall–Kier alpha value is -1.36. The molecule has 0 radical (unpaired) electrons. The number of hydrogen-bond acceptors (Lipinski definition) is 3. The van der Waals surface area contributed by atoms with Crippen LogP contribution in [0.15, 0.2) is 12.5 Å². The number of hydrogen-bond donors (Lipinski definition) is 1. The fraction of sp³-hybridized carbons (Fsp3) is 0.600. The molecule has 0 aliphatic carbocycles. The average Bonchev–Trinajstić information content (AvgIpc) is 2.84. The van der Waals surface area contributed by atoms with Crippen molar-refractivity contribution in [1.29, 1.82) is 0 Å². The molecule has 1 saturated heterocycles. The first-order chi connectivity index (χ1) is 7.24. The summed E-state index contributed by atoms with van der Waals surface area (Å²) in [5.74, 6) is -0.0356. The molecule has 2 heterocycles.